The molecule has 0 spiro atoms. The summed E-state index contributed by atoms with van der Waals surface area (Å²) in [5.74, 6) is 0.201. The normalized spacial score (nSPS) is 25.4. The summed E-state index contributed by atoms with van der Waals surface area (Å²) in [5.41, 5.74) is 5.92. The van der Waals surface area contributed by atoms with Crippen LogP contribution in [0.25, 0.3) is 0 Å². The van der Waals surface area contributed by atoms with Crippen LogP contribution in [-0.4, -0.2) is 28.9 Å². The Labute approximate surface area is 105 Å². The Balaban J connectivity index is 2.79. The highest BCUT2D eigenvalue weighted by molar-refractivity contribution is 5.80. The first kappa shape index (κ1) is 14.2. The first-order chi connectivity index (χ1) is 7.88. The minimum absolute atomic E-state index is 0.00271. The first-order valence-electron chi connectivity index (χ1n) is 6.56. The van der Waals surface area contributed by atoms with E-state index in [2.05, 4.69) is 27.4 Å². The molecule has 1 fully saturated rings. The van der Waals surface area contributed by atoms with Gasteiger partial charge in [-0.1, -0.05) is 18.9 Å². The molecule has 3 nitrogen and oxygen atoms in total. The van der Waals surface area contributed by atoms with Gasteiger partial charge in [0.1, 0.15) is 0 Å². The molecule has 0 aromatic carbocycles. The van der Waals surface area contributed by atoms with Crippen molar-refractivity contribution in [3.8, 4) is 0 Å². The van der Waals surface area contributed by atoms with Gasteiger partial charge >= 0.3 is 0 Å². The number of carbonyl (C=O) groups excluding carboxylic acids is 1. The van der Waals surface area contributed by atoms with Crippen molar-refractivity contribution in [1.82, 2.24) is 4.90 Å². The summed E-state index contributed by atoms with van der Waals surface area (Å²) in [4.78, 5) is 14.4. The lowest BCUT2D eigenvalue weighted by Gasteiger charge is -2.39. The number of nitrogens with two attached hydrogens (primary N) is 1. The van der Waals surface area contributed by atoms with Crippen molar-refractivity contribution in [3.05, 3.63) is 12.7 Å². The first-order valence-corrected chi connectivity index (χ1v) is 6.56. The lowest BCUT2D eigenvalue weighted by Crippen LogP contribution is -2.52. The number of rotatable bonds is 3. The molecule has 2 atom stereocenters. The van der Waals surface area contributed by atoms with E-state index in [0.717, 1.165) is 25.7 Å². The number of hydrogen-bond acceptors (Lipinski definition) is 2. The van der Waals surface area contributed by atoms with Gasteiger partial charge in [0.25, 0.3) is 0 Å². The Morgan fingerprint density at radius 1 is 1.41 bits per heavy atom. The van der Waals surface area contributed by atoms with Crippen LogP contribution in [0.15, 0.2) is 12.7 Å². The molecule has 0 saturated heterocycles. The molecule has 1 aliphatic carbocycles. The molecule has 0 aromatic rings. The van der Waals surface area contributed by atoms with Crippen molar-refractivity contribution >= 4 is 5.91 Å². The molecule has 1 rings (SSSR count). The second-order valence-electron chi connectivity index (χ2n) is 5.96. The predicted octanol–water partition coefficient (Wildman–Crippen LogP) is 2.32. The lowest BCUT2D eigenvalue weighted by molar-refractivity contribution is -0.141. The summed E-state index contributed by atoms with van der Waals surface area (Å²) in [5, 5.41) is 0. The monoisotopic (exact) mass is 238 g/mol. The Bertz CT molecular complexity index is 280. The average molecular weight is 238 g/mol. The van der Waals surface area contributed by atoms with Crippen molar-refractivity contribution in [2.75, 3.05) is 6.54 Å². The van der Waals surface area contributed by atoms with Crippen molar-refractivity contribution in [2.24, 2.45) is 11.7 Å². The highest BCUT2D eigenvalue weighted by Gasteiger charge is 2.35. The maximum atomic E-state index is 12.5. The highest BCUT2D eigenvalue weighted by Crippen LogP contribution is 2.27. The summed E-state index contributed by atoms with van der Waals surface area (Å²) in [6.07, 6.45) is 5.97. The van der Waals surface area contributed by atoms with Crippen LogP contribution in [-0.2, 0) is 4.79 Å². The summed E-state index contributed by atoms with van der Waals surface area (Å²) in [6.45, 7) is 10.5. The molecule has 0 heterocycles. The van der Waals surface area contributed by atoms with E-state index in [1.165, 1.54) is 0 Å². The standard InChI is InChI=1S/C14H26N2O/c1-5-10-16(14(2,3)4)13(17)11-8-6-7-9-12(11)15/h5,11-12H,1,6-10,15H2,2-4H3. The number of amides is 1. The van der Waals surface area contributed by atoms with E-state index in [0.29, 0.717) is 6.54 Å². The summed E-state index contributed by atoms with van der Waals surface area (Å²) in [6, 6.07) is 0.0333. The van der Waals surface area contributed by atoms with Crippen LogP contribution in [0.3, 0.4) is 0 Å². The van der Waals surface area contributed by atoms with Crippen LogP contribution in [0, 0.1) is 5.92 Å². The van der Waals surface area contributed by atoms with E-state index in [4.69, 9.17) is 5.73 Å². The van der Waals surface area contributed by atoms with Gasteiger partial charge in [-0.2, -0.15) is 0 Å². The van der Waals surface area contributed by atoms with Gasteiger partial charge < -0.3 is 10.6 Å². The third kappa shape index (κ3) is 3.56. The van der Waals surface area contributed by atoms with Gasteiger partial charge in [-0.05, 0) is 33.6 Å². The van der Waals surface area contributed by atoms with Crippen LogP contribution in [0.1, 0.15) is 46.5 Å². The van der Waals surface area contributed by atoms with Gasteiger partial charge in [-0.15, -0.1) is 6.58 Å². The van der Waals surface area contributed by atoms with Crippen LogP contribution in [0.4, 0.5) is 0 Å². The van der Waals surface area contributed by atoms with Crippen molar-refractivity contribution < 1.29 is 4.79 Å². The van der Waals surface area contributed by atoms with E-state index in [1.807, 2.05) is 4.90 Å². The molecule has 17 heavy (non-hydrogen) atoms. The third-order valence-corrected chi connectivity index (χ3v) is 3.52. The average Bonchev–Trinajstić information content (AvgIpc) is 2.24. The Kier molecular flexibility index (Phi) is 4.75. The van der Waals surface area contributed by atoms with Crippen LogP contribution in [0.2, 0.25) is 0 Å². The largest absolute Gasteiger partial charge is 0.334 e. The second-order valence-corrected chi connectivity index (χ2v) is 5.96. The SMILES string of the molecule is C=CCN(C(=O)C1CCCCC1N)C(C)(C)C. The minimum atomic E-state index is -0.164. The van der Waals surface area contributed by atoms with Crippen LogP contribution < -0.4 is 5.73 Å². The fourth-order valence-corrected chi connectivity index (χ4v) is 2.49. The van der Waals surface area contributed by atoms with Gasteiger partial charge in [0.15, 0.2) is 0 Å². The zero-order chi connectivity index (χ0) is 13.1. The third-order valence-electron chi connectivity index (χ3n) is 3.52. The number of nitrogens with zero attached hydrogens (tertiary/aromatic N) is 1. The topological polar surface area (TPSA) is 46.3 Å². The maximum Gasteiger partial charge on any atom is 0.227 e. The predicted molar refractivity (Wildman–Crippen MR) is 71.6 cm³/mol. The van der Waals surface area contributed by atoms with Gasteiger partial charge in [0.2, 0.25) is 5.91 Å². The second kappa shape index (κ2) is 5.67. The Morgan fingerprint density at radius 2 is 2.00 bits per heavy atom. The van der Waals surface area contributed by atoms with E-state index >= 15 is 0 Å². The van der Waals surface area contributed by atoms with Crippen molar-refractivity contribution in [3.63, 3.8) is 0 Å². The molecule has 1 amide bonds. The Hall–Kier alpha value is -0.830. The Morgan fingerprint density at radius 3 is 2.47 bits per heavy atom. The molecule has 3 heteroatoms. The molecule has 0 aliphatic heterocycles. The van der Waals surface area contributed by atoms with Gasteiger partial charge in [0, 0.05) is 18.1 Å². The molecule has 0 radical (unpaired) electrons. The maximum absolute atomic E-state index is 12.5. The molecule has 1 saturated carbocycles. The minimum Gasteiger partial charge on any atom is -0.334 e. The van der Waals surface area contributed by atoms with Gasteiger partial charge in [-0.3, -0.25) is 4.79 Å². The fourth-order valence-electron chi connectivity index (χ4n) is 2.49. The summed E-state index contributed by atoms with van der Waals surface area (Å²) in [7, 11) is 0. The summed E-state index contributed by atoms with van der Waals surface area (Å²) < 4.78 is 0. The quantitative estimate of drug-likeness (QED) is 0.767. The highest BCUT2D eigenvalue weighted by atomic mass is 16.2. The molecule has 98 valence electrons. The zero-order valence-corrected chi connectivity index (χ0v) is 11.4. The number of hydrogen-bond donors (Lipinski definition) is 1. The molecular weight excluding hydrogens is 212 g/mol. The van der Waals surface area contributed by atoms with Gasteiger partial charge in [0.05, 0.1) is 5.92 Å². The smallest absolute Gasteiger partial charge is 0.227 e. The van der Waals surface area contributed by atoms with Gasteiger partial charge in [-0.25, -0.2) is 0 Å². The van der Waals surface area contributed by atoms with E-state index < -0.39 is 0 Å². The van der Waals surface area contributed by atoms with Crippen LogP contribution >= 0.6 is 0 Å². The fraction of sp³-hybridized carbons (Fsp3) is 0.786. The lowest BCUT2D eigenvalue weighted by atomic mass is 9.83. The number of carbonyl (C=O) groups is 1. The molecule has 0 aromatic heterocycles. The molecule has 1 aliphatic rings. The zero-order valence-electron chi connectivity index (χ0n) is 11.4. The van der Waals surface area contributed by atoms with Crippen molar-refractivity contribution in [1.29, 1.82) is 0 Å². The van der Waals surface area contributed by atoms with Crippen molar-refractivity contribution in [2.45, 2.75) is 58.0 Å². The van der Waals surface area contributed by atoms with Crippen LogP contribution in [0.5, 0.6) is 0 Å². The van der Waals surface area contributed by atoms with E-state index in [9.17, 15) is 4.79 Å². The molecular formula is C14H26N2O. The molecule has 2 unspecified atom stereocenters. The van der Waals surface area contributed by atoms with E-state index in [-0.39, 0.29) is 23.4 Å². The molecule has 0 bridgehead atoms. The molecule has 2 N–H and O–H groups in total. The summed E-state index contributed by atoms with van der Waals surface area (Å²) >= 11 is 0. The van der Waals surface area contributed by atoms with E-state index in [1.54, 1.807) is 6.08 Å².